The summed E-state index contributed by atoms with van der Waals surface area (Å²) in [5.74, 6) is 0.293. The summed E-state index contributed by atoms with van der Waals surface area (Å²) in [6, 6.07) is 9.30. The average Bonchev–Trinajstić information content (AvgIpc) is 3.16. The number of carbonyl (C=O) groups is 1. The lowest BCUT2D eigenvalue weighted by molar-refractivity contribution is 0.127. The zero-order valence-electron chi connectivity index (χ0n) is 19.0. The maximum atomic E-state index is 14.0. The number of hydrogen-bond acceptors (Lipinski definition) is 9. The molecule has 0 aliphatic carbocycles. The van der Waals surface area contributed by atoms with E-state index < -0.39 is 16.1 Å². The van der Waals surface area contributed by atoms with E-state index in [0.717, 1.165) is 4.31 Å². The van der Waals surface area contributed by atoms with Crippen LogP contribution in [0.4, 0.5) is 10.5 Å². The normalized spacial score (nSPS) is 11.3. The van der Waals surface area contributed by atoms with Gasteiger partial charge in [0.25, 0.3) is 10.0 Å². The van der Waals surface area contributed by atoms with Crippen LogP contribution in [-0.2, 0) is 23.6 Å². The van der Waals surface area contributed by atoms with Crippen molar-refractivity contribution in [3.05, 3.63) is 66.2 Å². The number of carbonyl (C=O) groups excluding carboxylic acids is 1. The van der Waals surface area contributed by atoms with Crippen LogP contribution < -0.4 is 19.3 Å². The number of aryl methyl sites for hydroxylation is 2. The SMILES string of the molecule is COc1ccc(S(=O)(=O)N(Cc2cccnc2)c2c(OC(=O)NO)cnc3c2c(C)nn3C)cc1. The molecule has 1 aromatic carbocycles. The molecule has 0 saturated heterocycles. The van der Waals surface area contributed by atoms with Crippen molar-refractivity contribution >= 4 is 32.8 Å². The zero-order chi connectivity index (χ0) is 25.2. The number of ether oxygens (including phenoxy) is 2. The van der Waals surface area contributed by atoms with Gasteiger partial charge in [0, 0.05) is 19.4 Å². The topological polar surface area (TPSA) is 149 Å². The van der Waals surface area contributed by atoms with Gasteiger partial charge in [-0.2, -0.15) is 5.10 Å². The number of sulfonamides is 1. The Balaban J connectivity index is 2.00. The fraction of sp³-hybridized carbons (Fsp3) is 0.182. The Hall–Kier alpha value is -4.23. The Morgan fingerprint density at radius 2 is 1.94 bits per heavy atom. The van der Waals surface area contributed by atoms with Gasteiger partial charge < -0.3 is 9.47 Å². The number of fused-ring (bicyclic) bond motifs is 1. The summed E-state index contributed by atoms with van der Waals surface area (Å²) in [7, 11) is -1.09. The number of aromatic nitrogens is 4. The van der Waals surface area contributed by atoms with Gasteiger partial charge in [0.05, 0.1) is 35.8 Å². The molecule has 0 radical (unpaired) electrons. The smallest absolute Gasteiger partial charge is 0.436 e. The molecule has 0 spiro atoms. The van der Waals surface area contributed by atoms with Crippen molar-refractivity contribution in [3.63, 3.8) is 0 Å². The van der Waals surface area contributed by atoms with Crippen molar-refractivity contribution in [2.24, 2.45) is 7.05 Å². The van der Waals surface area contributed by atoms with E-state index in [9.17, 15) is 13.2 Å². The summed E-state index contributed by atoms with van der Waals surface area (Å²) < 4.78 is 41.0. The molecule has 2 N–H and O–H groups in total. The second kappa shape index (κ2) is 9.56. The van der Waals surface area contributed by atoms with Crippen LogP contribution in [0.2, 0.25) is 0 Å². The minimum Gasteiger partial charge on any atom is -0.497 e. The fourth-order valence-corrected chi connectivity index (χ4v) is 5.11. The number of methoxy groups -OCH3 is 1. The van der Waals surface area contributed by atoms with E-state index in [1.54, 1.807) is 32.3 Å². The summed E-state index contributed by atoms with van der Waals surface area (Å²) >= 11 is 0. The molecule has 4 rings (SSSR count). The number of pyridine rings is 2. The molecule has 35 heavy (non-hydrogen) atoms. The molecule has 0 bridgehead atoms. The maximum absolute atomic E-state index is 14.0. The van der Waals surface area contributed by atoms with Crippen LogP contribution in [-0.4, -0.2) is 46.6 Å². The van der Waals surface area contributed by atoms with Crippen LogP contribution in [0.1, 0.15) is 11.3 Å². The molecule has 182 valence electrons. The van der Waals surface area contributed by atoms with Crippen molar-refractivity contribution in [1.29, 1.82) is 0 Å². The van der Waals surface area contributed by atoms with Crippen molar-refractivity contribution in [2.75, 3.05) is 11.4 Å². The Kier molecular flexibility index (Phi) is 6.53. The monoisotopic (exact) mass is 498 g/mol. The third kappa shape index (κ3) is 4.58. The standard InChI is InChI=1S/C22H22N6O6S/c1-14-19-20(18(34-22(29)26-30)12-24-21(19)27(2)25-14)28(13-15-5-4-10-23-11-15)35(31,32)17-8-6-16(33-3)7-9-17/h4-12,30H,13H2,1-3H3,(H,26,29). The van der Waals surface area contributed by atoms with E-state index in [2.05, 4.69) is 15.1 Å². The molecule has 0 aliphatic heterocycles. The van der Waals surface area contributed by atoms with Crippen molar-refractivity contribution in [1.82, 2.24) is 25.2 Å². The van der Waals surface area contributed by atoms with Gasteiger partial charge in [-0.3, -0.25) is 19.2 Å². The van der Waals surface area contributed by atoms with E-state index in [1.807, 2.05) is 0 Å². The number of anilines is 1. The van der Waals surface area contributed by atoms with Gasteiger partial charge in [0.1, 0.15) is 11.4 Å². The van der Waals surface area contributed by atoms with E-state index in [1.165, 1.54) is 53.9 Å². The van der Waals surface area contributed by atoms with Crippen molar-refractivity contribution in [3.8, 4) is 11.5 Å². The summed E-state index contributed by atoms with van der Waals surface area (Å²) in [6.45, 7) is 1.54. The molecule has 12 nitrogen and oxygen atoms in total. The highest BCUT2D eigenvalue weighted by molar-refractivity contribution is 7.92. The van der Waals surface area contributed by atoms with Crippen molar-refractivity contribution < 1.29 is 27.9 Å². The number of hydroxylamine groups is 1. The molecule has 0 fully saturated rings. The molecule has 4 aromatic rings. The Bertz CT molecular complexity index is 1470. The van der Waals surface area contributed by atoms with Gasteiger partial charge in [-0.15, -0.1) is 0 Å². The van der Waals surface area contributed by atoms with Crippen LogP contribution in [0, 0.1) is 6.92 Å². The van der Waals surface area contributed by atoms with Crippen LogP contribution in [0.3, 0.4) is 0 Å². The van der Waals surface area contributed by atoms with Crippen LogP contribution >= 0.6 is 0 Å². The third-order valence-corrected chi connectivity index (χ3v) is 6.97. The van der Waals surface area contributed by atoms with Crippen LogP contribution in [0.15, 0.2) is 59.9 Å². The first-order valence-corrected chi connectivity index (χ1v) is 11.7. The Morgan fingerprint density at radius 3 is 2.57 bits per heavy atom. The molecule has 0 aliphatic rings. The van der Waals surface area contributed by atoms with Crippen LogP contribution in [0.5, 0.6) is 11.5 Å². The second-order valence-corrected chi connectivity index (χ2v) is 9.29. The molecule has 0 saturated carbocycles. The number of rotatable bonds is 7. The lowest BCUT2D eigenvalue weighted by Gasteiger charge is -2.27. The van der Waals surface area contributed by atoms with Gasteiger partial charge in [0.2, 0.25) is 0 Å². The minimum absolute atomic E-state index is 0.0220. The predicted molar refractivity (Wildman–Crippen MR) is 125 cm³/mol. The predicted octanol–water partition coefficient (Wildman–Crippen LogP) is 2.55. The fourth-order valence-electron chi connectivity index (χ4n) is 3.64. The van der Waals surface area contributed by atoms with E-state index >= 15 is 0 Å². The molecule has 1 amide bonds. The number of nitrogens with one attached hydrogen (secondary N) is 1. The summed E-state index contributed by atoms with van der Waals surface area (Å²) in [5, 5.41) is 13.7. The summed E-state index contributed by atoms with van der Waals surface area (Å²) in [5.41, 5.74) is 2.82. The molecule has 3 aromatic heterocycles. The van der Waals surface area contributed by atoms with Gasteiger partial charge in [0.15, 0.2) is 11.4 Å². The maximum Gasteiger partial charge on any atom is 0.436 e. The zero-order valence-corrected chi connectivity index (χ0v) is 19.9. The third-order valence-electron chi connectivity index (χ3n) is 5.21. The number of amides is 1. The van der Waals surface area contributed by atoms with Crippen LogP contribution in [0.25, 0.3) is 11.0 Å². The Morgan fingerprint density at radius 1 is 1.20 bits per heavy atom. The van der Waals surface area contributed by atoms with E-state index in [0.29, 0.717) is 28.0 Å². The highest BCUT2D eigenvalue weighted by Gasteiger charge is 2.32. The summed E-state index contributed by atoms with van der Waals surface area (Å²) in [4.78, 5) is 20.2. The van der Waals surface area contributed by atoms with Gasteiger partial charge in [-0.25, -0.2) is 23.7 Å². The average molecular weight is 499 g/mol. The summed E-state index contributed by atoms with van der Waals surface area (Å²) in [6.07, 6.45) is 3.10. The number of hydrogen-bond donors (Lipinski definition) is 2. The number of nitrogens with zero attached hydrogens (tertiary/aromatic N) is 5. The minimum atomic E-state index is -4.23. The van der Waals surface area contributed by atoms with E-state index in [-0.39, 0.29) is 22.9 Å². The van der Waals surface area contributed by atoms with Crippen molar-refractivity contribution in [2.45, 2.75) is 18.4 Å². The van der Waals surface area contributed by atoms with E-state index in [4.69, 9.17) is 14.7 Å². The molecular formula is C22H22N6O6S. The molecule has 0 atom stereocenters. The first-order valence-electron chi connectivity index (χ1n) is 10.3. The second-order valence-electron chi connectivity index (χ2n) is 7.43. The molecule has 0 unspecified atom stereocenters. The largest absolute Gasteiger partial charge is 0.497 e. The first-order chi connectivity index (χ1) is 16.8. The van der Waals surface area contributed by atoms with Gasteiger partial charge >= 0.3 is 6.09 Å². The van der Waals surface area contributed by atoms with Gasteiger partial charge in [-0.1, -0.05) is 6.07 Å². The molecular weight excluding hydrogens is 476 g/mol. The molecule has 13 heteroatoms. The highest BCUT2D eigenvalue weighted by Crippen LogP contribution is 2.40. The lowest BCUT2D eigenvalue weighted by Crippen LogP contribution is -2.32. The highest BCUT2D eigenvalue weighted by atomic mass is 32.2. The first kappa shape index (κ1) is 23.9. The quantitative estimate of drug-likeness (QED) is 0.289. The van der Waals surface area contributed by atoms with Gasteiger partial charge in [-0.05, 0) is 42.8 Å². The number of benzene rings is 1. The lowest BCUT2D eigenvalue weighted by atomic mass is 10.2. The molecule has 3 heterocycles. The Labute approximate surface area is 200 Å².